The largest absolute Gasteiger partial charge is 0.465 e. The van der Waals surface area contributed by atoms with E-state index in [1.807, 2.05) is 18.2 Å². The second-order valence-electron chi connectivity index (χ2n) is 8.18. The first-order valence-corrected chi connectivity index (χ1v) is 11.0. The molecule has 2 heterocycles. The number of benzene rings is 3. The first-order valence-electron chi connectivity index (χ1n) is 11.0. The Morgan fingerprint density at radius 3 is 2.47 bits per heavy atom. The molecule has 2 N–H and O–H groups in total. The molecule has 0 radical (unpaired) electrons. The average molecular weight is 480 g/mol. The predicted octanol–water partition coefficient (Wildman–Crippen LogP) is 4.97. The van der Waals surface area contributed by atoms with E-state index in [2.05, 4.69) is 6.07 Å². The van der Waals surface area contributed by atoms with Crippen molar-refractivity contribution in [3.8, 4) is 17.6 Å². The summed E-state index contributed by atoms with van der Waals surface area (Å²) in [4.78, 5) is 24.7. The van der Waals surface area contributed by atoms with Gasteiger partial charge in [0.2, 0.25) is 11.6 Å². The summed E-state index contributed by atoms with van der Waals surface area (Å²) in [7, 11) is 1.31. The first kappa shape index (κ1) is 22.7. The zero-order valence-corrected chi connectivity index (χ0v) is 19.4. The molecule has 0 aliphatic carbocycles. The Morgan fingerprint density at radius 1 is 1.03 bits per heavy atom. The van der Waals surface area contributed by atoms with Gasteiger partial charge in [0.15, 0.2) is 0 Å². The van der Waals surface area contributed by atoms with Crippen molar-refractivity contribution in [3.05, 3.63) is 106 Å². The number of fused-ring (bicyclic) bond motifs is 2. The van der Waals surface area contributed by atoms with E-state index in [-0.39, 0.29) is 23.0 Å². The smallest absolute Gasteiger partial charge is 0.379 e. The van der Waals surface area contributed by atoms with Crippen molar-refractivity contribution in [2.75, 3.05) is 7.11 Å². The number of ether oxygens (including phenoxy) is 3. The van der Waals surface area contributed by atoms with Gasteiger partial charge >= 0.3 is 11.9 Å². The van der Waals surface area contributed by atoms with Crippen LogP contribution in [0.3, 0.4) is 0 Å². The van der Waals surface area contributed by atoms with Crippen LogP contribution in [0.25, 0.3) is 11.0 Å². The highest BCUT2D eigenvalue weighted by atomic mass is 16.5. The number of nitrogens with zero attached hydrogens (tertiary/aromatic N) is 1. The summed E-state index contributed by atoms with van der Waals surface area (Å²) in [5, 5.41) is 10.6. The average Bonchev–Trinajstić information content (AvgIpc) is 3.24. The van der Waals surface area contributed by atoms with Crippen molar-refractivity contribution in [1.82, 2.24) is 0 Å². The molecule has 8 nitrogen and oxygen atoms in total. The van der Waals surface area contributed by atoms with Gasteiger partial charge in [0.25, 0.3) is 0 Å². The number of hydrogen-bond acceptors (Lipinski definition) is 8. The molecule has 36 heavy (non-hydrogen) atoms. The topological polar surface area (TPSA) is 125 Å². The number of methoxy groups -OCH3 is 1. The number of hydrogen-bond donors (Lipinski definition) is 1. The lowest BCUT2D eigenvalue weighted by Gasteiger charge is -2.26. The highest BCUT2D eigenvalue weighted by molar-refractivity contribution is 5.96. The molecule has 1 aliphatic rings. The molecule has 1 aliphatic heterocycles. The van der Waals surface area contributed by atoms with E-state index < -0.39 is 17.9 Å². The molecule has 1 atom stereocenters. The molecule has 0 saturated carbocycles. The number of nitriles is 1. The SMILES string of the molecule is COC(=O)c1ccc(C2C(C#N)=C(N)Oc3cc(OC(=O)c4oc5ccccc5c4C)ccc32)cc1. The number of rotatable bonds is 4. The fourth-order valence-corrected chi connectivity index (χ4v) is 4.29. The number of carbonyl (C=O) groups excluding carboxylic acids is 2. The standard InChI is InChI=1S/C28H20N2O6/c1-15-19-5-3-4-6-22(19)35-25(15)28(32)34-18-11-12-20-23(13-18)36-26(30)21(14-29)24(20)16-7-9-17(10-8-16)27(31)33-2/h3-13,24H,30H2,1-2H3. The summed E-state index contributed by atoms with van der Waals surface area (Å²) < 4.78 is 21.7. The van der Waals surface area contributed by atoms with Crippen LogP contribution in [-0.2, 0) is 4.74 Å². The Kier molecular flexibility index (Phi) is 5.66. The Balaban J connectivity index is 1.47. The first-order chi connectivity index (χ1) is 17.4. The number of furan rings is 1. The third-order valence-electron chi connectivity index (χ3n) is 6.10. The van der Waals surface area contributed by atoms with Crippen LogP contribution in [0, 0.1) is 18.3 Å². The van der Waals surface area contributed by atoms with E-state index in [0.29, 0.717) is 28.0 Å². The van der Waals surface area contributed by atoms with Crippen LogP contribution < -0.4 is 15.2 Å². The number of carbonyl (C=O) groups is 2. The zero-order chi connectivity index (χ0) is 25.4. The number of nitrogens with two attached hydrogens (primary N) is 1. The quantitative estimate of drug-likeness (QED) is 0.321. The van der Waals surface area contributed by atoms with Crippen molar-refractivity contribution in [1.29, 1.82) is 5.26 Å². The van der Waals surface area contributed by atoms with E-state index in [9.17, 15) is 14.9 Å². The fraction of sp³-hybridized carbons (Fsp3) is 0.107. The summed E-state index contributed by atoms with van der Waals surface area (Å²) in [6.07, 6.45) is 0. The van der Waals surface area contributed by atoms with Gasteiger partial charge in [-0.1, -0.05) is 36.4 Å². The van der Waals surface area contributed by atoms with Crippen LogP contribution >= 0.6 is 0 Å². The molecule has 0 fully saturated rings. The fourth-order valence-electron chi connectivity index (χ4n) is 4.29. The molecule has 178 valence electrons. The summed E-state index contributed by atoms with van der Waals surface area (Å²) in [5.74, 6) is -1.00. The summed E-state index contributed by atoms with van der Waals surface area (Å²) in [6, 6.07) is 21.0. The minimum absolute atomic E-state index is 0.0522. The van der Waals surface area contributed by atoms with Gasteiger partial charge in [-0.05, 0) is 36.8 Å². The van der Waals surface area contributed by atoms with E-state index in [1.165, 1.54) is 7.11 Å². The van der Waals surface area contributed by atoms with Crippen LogP contribution in [0.1, 0.15) is 43.5 Å². The Hall–Kier alpha value is -5.03. The third-order valence-corrected chi connectivity index (χ3v) is 6.10. The van der Waals surface area contributed by atoms with Gasteiger partial charge in [0.05, 0.1) is 18.6 Å². The van der Waals surface area contributed by atoms with Gasteiger partial charge in [-0.25, -0.2) is 9.59 Å². The second kappa shape index (κ2) is 8.96. The van der Waals surface area contributed by atoms with Gasteiger partial charge < -0.3 is 24.4 Å². The van der Waals surface area contributed by atoms with Gasteiger partial charge in [-0.15, -0.1) is 0 Å². The molecule has 0 saturated heterocycles. The maximum atomic E-state index is 12.9. The molecule has 4 aromatic rings. The molecule has 0 spiro atoms. The van der Waals surface area contributed by atoms with Crippen LogP contribution in [0.5, 0.6) is 11.5 Å². The normalized spacial score (nSPS) is 14.5. The minimum atomic E-state index is -0.643. The Labute approximate surface area is 206 Å². The van der Waals surface area contributed by atoms with Crippen LogP contribution in [-0.4, -0.2) is 19.0 Å². The van der Waals surface area contributed by atoms with E-state index in [1.54, 1.807) is 55.5 Å². The Bertz CT molecular complexity index is 1590. The predicted molar refractivity (Wildman–Crippen MR) is 129 cm³/mol. The monoisotopic (exact) mass is 480 g/mol. The van der Waals surface area contributed by atoms with E-state index in [0.717, 1.165) is 10.9 Å². The molecule has 1 unspecified atom stereocenters. The van der Waals surface area contributed by atoms with Crippen molar-refractivity contribution >= 4 is 22.9 Å². The molecular formula is C28H20N2O6. The van der Waals surface area contributed by atoms with Crippen molar-refractivity contribution < 1.29 is 28.2 Å². The van der Waals surface area contributed by atoms with Crippen LogP contribution in [0.4, 0.5) is 0 Å². The number of allylic oxidation sites excluding steroid dienone is 1. The molecule has 0 bridgehead atoms. The van der Waals surface area contributed by atoms with Gasteiger partial charge in [-0.3, -0.25) is 0 Å². The van der Waals surface area contributed by atoms with Crippen LogP contribution in [0.15, 0.2) is 82.6 Å². The van der Waals surface area contributed by atoms with E-state index in [4.69, 9.17) is 24.4 Å². The van der Waals surface area contributed by atoms with Crippen molar-refractivity contribution in [2.45, 2.75) is 12.8 Å². The van der Waals surface area contributed by atoms with E-state index >= 15 is 0 Å². The molecule has 5 rings (SSSR count). The van der Waals surface area contributed by atoms with Gasteiger partial charge in [0.1, 0.15) is 28.7 Å². The van der Waals surface area contributed by atoms with Crippen molar-refractivity contribution in [2.24, 2.45) is 5.73 Å². The molecule has 1 aromatic heterocycles. The summed E-state index contributed by atoms with van der Waals surface area (Å²) in [5.41, 5.74) is 9.36. The number of para-hydroxylation sites is 1. The Morgan fingerprint density at radius 2 is 1.78 bits per heavy atom. The zero-order valence-electron chi connectivity index (χ0n) is 19.4. The van der Waals surface area contributed by atoms with Gasteiger partial charge in [0, 0.05) is 22.6 Å². The maximum absolute atomic E-state index is 12.9. The molecule has 3 aromatic carbocycles. The maximum Gasteiger partial charge on any atom is 0.379 e. The lowest BCUT2D eigenvalue weighted by molar-refractivity contribution is 0.0600. The second-order valence-corrected chi connectivity index (χ2v) is 8.18. The van der Waals surface area contributed by atoms with Crippen LogP contribution in [0.2, 0.25) is 0 Å². The number of aryl methyl sites for hydroxylation is 1. The van der Waals surface area contributed by atoms with Gasteiger partial charge in [-0.2, -0.15) is 5.26 Å². The molecule has 0 amide bonds. The molecule has 8 heteroatoms. The lowest BCUT2D eigenvalue weighted by Crippen LogP contribution is -2.21. The molecular weight excluding hydrogens is 460 g/mol. The highest BCUT2D eigenvalue weighted by Crippen LogP contribution is 2.43. The third kappa shape index (κ3) is 3.83. The lowest BCUT2D eigenvalue weighted by atomic mass is 9.83. The summed E-state index contributed by atoms with van der Waals surface area (Å²) in [6.45, 7) is 1.80. The number of esters is 2. The minimum Gasteiger partial charge on any atom is -0.465 e. The highest BCUT2D eigenvalue weighted by Gasteiger charge is 2.31. The van der Waals surface area contributed by atoms with Crippen molar-refractivity contribution in [3.63, 3.8) is 0 Å². The summed E-state index contributed by atoms with van der Waals surface area (Å²) >= 11 is 0.